The van der Waals surface area contributed by atoms with Crippen molar-refractivity contribution in [2.75, 3.05) is 0 Å². The van der Waals surface area contributed by atoms with E-state index in [4.69, 9.17) is 4.74 Å². The highest BCUT2D eigenvalue weighted by Gasteiger charge is 2.15. The molecule has 108 valence electrons. The summed E-state index contributed by atoms with van der Waals surface area (Å²) in [5, 5.41) is 0. The molecule has 0 aliphatic heterocycles. The van der Waals surface area contributed by atoms with Gasteiger partial charge in [-0.2, -0.15) is 0 Å². The van der Waals surface area contributed by atoms with Gasteiger partial charge in [0, 0.05) is 0 Å². The van der Waals surface area contributed by atoms with Gasteiger partial charge in [0.15, 0.2) is 0 Å². The van der Waals surface area contributed by atoms with Gasteiger partial charge in [0.25, 0.3) is 0 Å². The summed E-state index contributed by atoms with van der Waals surface area (Å²) in [4.78, 5) is 11.6. The van der Waals surface area contributed by atoms with Crippen LogP contribution in [0.4, 0.5) is 0 Å². The summed E-state index contributed by atoms with van der Waals surface area (Å²) in [6.45, 7) is 8.21. The van der Waals surface area contributed by atoms with Crippen LogP contribution in [0.5, 0.6) is 0 Å². The molecule has 0 spiro atoms. The van der Waals surface area contributed by atoms with Gasteiger partial charge in [-0.25, -0.2) is 0 Å². The molecule has 2 atom stereocenters. The molecule has 0 amide bonds. The van der Waals surface area contributed by atoms with E-state index in [1.807, 2.05) is 20.8 Å². The number of carbonyl (C=O) groups is 1. The van der Waals surface area contributed by atoms with Crippen molar-refractivity contribution in [3.05, 3.63) is 0 Å². The first-order valence-corrected chi connectivity index (χ1v) is 7.82. The minimum absolute atomic E-state index is 0.0343. The first-order valence-electron chi connectivity index (χ1n) is 7.82. The predicted molar refractivity (Wildman–Crippen MR) is 77.6 cm³/mol. The van der Waals surface area contributed by atoms with Gasteiger partial charge in [-0.15, -0.1) is 0 Å². The topological polar surface area (TPSA) is 26.3 Å². The standard InChI is InChI=1S/C16H32O2/c1-5-7-8-9-10-11-12-13-15(4)18-16(17)14(3)6-2/h14-15H,5-13H2,1-4H3/t14-,15+/m1/s1. The molecule has 2 heteroatoms. The van der Waals surface area contributed by atoms with E-state index in [0.717, 1.165) is 12.8 Å². The molecule has 0 saturated heterocycles. The number of carbonyl (C=O) groups excluding carboxylic acids is 1. The molecule has 2 nitrogen and oxygen atoms in total. The number of ether oxygens (including phenoxy) is 1. The van der Waals surface area contributed by atoms with Crippen molar-refractivity contribution >= 4 is 5.97 Å². The quantitative estimate of drug-likeness (QED) is 0.379. The molecular weight excluding hydrogens is 224 g/mol. The first kappa shape index (κ1) is 17.5. The fraction of sp³-hybridized carbons (Fsp3) is 0.938. The minimum Gasteiger partial charge on any atom is -0.462 e. The minimum atomic E-state index is -0.0343. The lowest BCUT2D eigenvalue weighted by Gasteiger charge is -2.15. The van der Waals surface area contributed by atoms with Crippen molar-refractivity contribution in [2.24, 2.45) is 5.92 Å². The molecule has 0 N–H and O–H groups in total. The average molecular weight is 256 g/mol. The van der Waals surface area contributed by atoms with Gasteiger partial charge in [-0.05, 0) is 26.2 Å². The fourth-order valence-electron chi connectivity index (χ4n) is 1.93. The molecule has 0 radical (unpaired) electrons. The zero-order valence-electron chi connectivity index (χ0n) is 12.8. The number of esters is 1. The zero-order valence-corrected chi connectivity index (χ0v) is 12.8. The molecule has 18 heavy (non-hydrogen) atoms. The predicted octanol–water partition coefficient (Wildman–Crippen LogP) is 5.10. The lowest BCUT2D eigenvalue weighted by molar-refractivity contribution is -0.153. The highest BCUT2D eigenvalue weighted by atomic mass is 16.5. The molecule has 0 aromatic rings. The van der Waals surface area contributed by atoms with Crippen molar-refractivity contribution in [2.45, 2.75) is 91.6 Å². The van der Waals surface area contributed by atoms with E-state index in [0.29, 0.717) is 0 Å². The molecule has 0 saturated carbocycles. The first-order chi connectivity index (χ1) is 8.61. The van der Waals surface area contributed by atoms with Crippen molar-refractivity contribution in [1.29, 1.82) is 0 Å². The lowest BCUT2D eigenvalue weighted by atomic mass is 10.1. The number of hydrogen-bond donors (Lipinski definition) is 0. The monoisotopic (exact) mass is 256 g/mol. The Morgan fingerprint density at radius 1 is 0.944 bits per heavy atom. The molecule has 0 aliphatic rings. The van der Waals surface area contributed by atoms with E-state index in [1.165, 1.54) is 44.9 Å². The Morgan fingerprint density at radius 3 is 2.06 bits per heavy atom. The van der Waals surface area contributed by atoms with Crippen LogP contribution in [0.15, 0.2) is 0 Å². The summed E-state index contributed by atoms with van der Waals surface area (Å²) in [7, 11) is 0. The van der Waals surface area contributed by atoms with Crippen LogP contribution < -0.4 is 0 Å². The lowest BCUT2D eigenvalue weighted by Crippen LogP contribution is -2.20. The average Bonchev–Trinajstić information content (AvgIpc) is 2.36. The van der Waals surface area contributed by atoms with E-state index in [9.17, 15) is 4.79 Å². The van der Waals surface area contributed by atoms with Crippen LogP contribution in [0.2, 0.25) is 0 Å². The van der Waals surface area contributed by atoms with Gasteiger partial charge < -0.3 is 4.74 Å². The van der Waals surface area contributed by atoms with E-state index >= 15 is 0 Å². The Labute approximate surface area is 113 Å². The van der Waals surface area contributed by atoms with E-state index in [-0.39, 0.29) is 18.0 Å². The van der Waals surface area contributed by atoms with E-state index in [1.54, 1.807) is 0 Å². The van der Waals surface area contributed by atoms with Crippen LogP contribution >= 0.6 is 0 Å². The molecular formula is C16H32O2. The van der Waals surface area contributed by atoms with Crippen molar-refractivity contribution < 1.29 is 9.53 Å². The Morgan fingerprint density at radius 2 is 1.50 bits per heavy atom. The number of unbranched alkanes of at least 4 members (excludes halogenated alkanes) is 6. The van der Waals surface area contributed by atoms with Crippen molar-refractivity contribution in [3.8, 4) is 0 Å². The highest BCUT2D eigenvalue weighted by molar-refractivity contribution is 5.72. The summed E-state index contributed by atoms with van der Waals surface area (Å²) >= 11 is 0. The van der Waals surface area contributed by atoms with Crippen LogP contribution in [0, 0.1) is 5.92 Å². The van der Waals surface area contributed by atoms with Gasteiger partial charge in [-0.1, -0.05) is 59.3 Å². The molecule has 0 aromatic carbocycles. The Kier molecular flexibility index (Phi) is 11.2. The maximum atomic E-state index is 11.6. The summed E-state index contributed by atoms with van der Waals surface area (Å²) in [6, 6.07) is 0. The van der Waals surface area contributed by atoms with Crippen molar-refractivity contribution in [3.63, 3.8) is 0 Å². The fourth-order valence-corrected chi connectivity index (χ4v) is 1.93. The smallest absolute Gasteiger partial charge is 0.308 e. The third kappa shape index (κ3) is 9.49. The molecule has 0 fully saturated rings. The molecule has 0 aliphatic carbocycles. The summed E-state index contributed by atoms with van der Waals surface area (Å²) in [5.41, 5.74) is 0. The Bertz CT molecular complexity index is 201. The van der Waals surface area contributed by atoms with Crippen LogP contribution in [-0.4, -0.2) is 12.1 Å². The van der Waals surface area contributed by atoms with E-state index < -0.39 is 0 Å². The molecule has 0 heterocycles. The van der Waals surface area contributed by atoms with E-state index in [2.05, 4.69) is 6.92 Å². The van der Waals surface area contributed by atoms with Gasteiger partial charge >= 0.3 is 5.97 Å². The van der Waals surface area contributed by atoms with Crippen LogP contribution in [0.1, 0.15) is 85.5 Å². The maximum Gasteiger partial charge on any atom is 0.308 e. The maximum absolute atomic E-state index is 11.6. The van der Waals surface area contributed by atoms with Gasteiger partial charge in [0.1, 0.15) is 0 Å². The summed E-state index contributed by atoms with van der Waals surface area (Å²) in [6.07, 6.45) is 11.1. The number of rotatable bonds is 11. The van der Waals surface area contributed by atoms with Crippen LogP contribution in [-0.2, 0) is 9.53 Å². The normalized spacial score (nSPS) is 14.2. The zero-order chi connectivity index (χ0) is 13.8. The summed E-state index contributed by atoms with van der Waals surface area (Å²) < 4.78 is 5.41. The molecule has 0 bridgehead atoms. The third-order valence-corrected chi connectivity index (χ3v) is 3.55. The highest BCUT2D eigenvalue weighted by Crippen LogP contribution is 2.13. The van der Waals surface area contributed by atoms with Crippen molar-refractivity contribution in [1.82, 2.24) is 0 Å². The third-order valence-electron chi connectivity index (χ3n) is 3.55. The van der Waals surface area contributed by atoms with Gasteiger partial charge in [-0.3, -0.25) is 4.79 Å². The second kappa shape index (κ2) is 11.6. The SMILES string of the molecule is CCCCCCCCC[C@H](C)OC(=O)[C@H](C)CC. The van der Waals surface area contributed by atoms with Gasteiger partial charge in [0.2, 0.25) is 0 Å². The Hall–Kier alpha value is -0.530. The second-order valence-corrected chi connectivity index (χ2v) is 5.47. The molecule has 0 rings (SSSR count). The second-order valence-electron chi connectivity index (χ2n) is 5.47. The van der Waals surface area contributed by atoms with Crippen LogP contribution in [0.3, 0.4) is 0 Å². The number of hydrogen-bond acceptors (Lipinski definition) is 2. The molecule has 0 unspecified atom stereocenters. The molecule has 0 aromatic heterocycles. The summed E-state index contributed by atoms with van der Waals surface area (Å²) in [5.74, 6) is 0.00874. The van der Waals surface area contributed by atoms with Crippen LogP contribution in [0.25, 0.3) is 0 Å². The van der Waals surface area contributed by atoms with Gasteiger partial charge in [0.05, 0.1) is 12.0 Å². The largest absolute Gasteiger partial charge is 0.462 e. The Balaban J connectivity index is 3.42.